The second kappa shape index (κ2) is 11.6. The number of ether oxygens (including phenoxy) is 1. The quantitative estimate of drug-likeness (QED) is 0.194. The van der Waals surface area contributed by atoms with Crippen LogP contribution in [-0.2, 0) is 15.7 Å². The van der Waals surface area contributed by atoms with Crippen LogP contribution in [0.15, 0.2) is 48.5 Å². The first-order valence-electron chi connectivity index (χ1n) is 11.3. The molecule has 0 aliphatic carbocycles. The van der Waals surface area contributed by atoms with Crippen LogP contribution < -0.4 is 10.6 Å². The van der Waals surface area contributed by atoms with Crippen LogP contribution in [0.3, 0.4) is 0 Å². The Hall–Kier alpha value is -5.71. The van der Waals surface area contributed by atoms with Crippen LogP contribution in [0.1, 0.15) is 44.3 Å². The van der Waals surface area contributed by atoms with Gasteiger partial charge in [-0.3, -0.25) is 20.3 Å². The zero-order valence-corrected chi connectivity index (χ0v) is 21.1. The fourth-order valence-electron chi connectivity index (χ4n) is 3.77. The lowest BCUT2D eigenvalue weighted by atomic mass is 9.90. The van der Waals surface area contributed by atoms with Crippen molar-refractivity contribution in [3.8, 4) is 22.9 Å². The third kappa shape index (κ3) is 6.48. The SMILES string of the molecule is COC(=O)Nc1ccc(-c2cc(O)c(C(=N)C(=O)Nc3ccc(C#N)cc3C(=O)O)cc2C(C)=O)c(C(F)(F)F)c1. The molecule has 0 fully saturated rings. The highest BCUT2D eigenvalue weighted by Gasteiger charge is 2.35. The number of anilines is 2. The van der Waals surface area contributed by atoms with Crippen molar-refractivity contribution in [2.24, 2.45) is 0 Å². The van der Waals surface area contributed by atoms with Crippen LogP contribution >= 0.6 is 0 Å². The van der Waals surface area contributed by atoms with Gasteiger partial charge in [0.1, 0.15) is 11.5 Å². The minimum Gasteiger partial charge on any atom is -0.507 e. The number of alkyl halides is 3. The van der Waals surface area contributed by atoms with Crippen molar-refractivity contribution in [3.05, 3.63) is 76.3 Å². The first-order valence-corrected chi connectivity index (χ1v) is 11.3. The zero-order valence-electron chi connectivity index (χ0n) is 21.1. The van der Waals surface area contributed by atoms with Gasteiger partial charge < -0.3 is 20.3 Å². The number of nitrogens with one attached hydrogen (secondary N) is 3. The van der Waals surface area contributed by atoms with E-state index in [4.69, 9.17) is 10.7 Å². The number of Topliss-reactive ketones (excluding diaryl/α,β-unsaturated/α-hetero) is 1. The first kappa shape index (κ1) is 29.8. The maximum absolute atomic E-state index is 14.0. The van der Waals surface area contributed by atoms with Gasteiger partial charge in [-0.25, -0.2) is 9.59 Å². The van der Waals surface area contributed by atoms with Crippen molar-refractivity contribution in [3.63, 3.8) is 0 Å². The smallest absolute Gasteiger partial charge is 0.417 e. The number of hydrogen-bond acceptors (Lipinski definition) is 8. The van der Waals surface area contributed by atoms with E-state index in [0.29, 0.717) is 6.07 Å². The second-order valence-electron chi connectivity index (χ2n) is 8.35. The van der Waals surface area contributed by atoms with E-state index in [2.05, 4.69) is 15.4 Å². The minimum absolute atomic E-state index is 0.0119. The Labute approximate surface area is 229 Å². The number of nitriles is 1. The number of halogens is 3. The molecule has 3 rings (SSSR count). The summed E-state index contributed by atoms with van der Waals surface area (Å²) in [6, 6.07) is 9.41. The summed E-state index contributed by atoms with van der Waals surface area (Å²) in [7, 11) is 1.02. The number of ketones is 1. The van der Waals surface area contributed by atoms with Crippen LogP contribution in [0.2, 0.25) is 0 Å². The summed E-state index contributed by atoms with van der Waals surface area (Å²) >= 11 is 0. The van der Waals surface area contributed by atoms with E-state index >= 15 is 0 Å². The van der Waals surface area contributed by atoms with Crippen molar-refractivity contribution in [2.45, 2.75) is 13.1 Å². The largest absolute Gasteiger partial charge is 0.507 e. The molecule has 0 bridgehead atoms. The highest BCUT2D eigenvalue weighted by molar-refractivity contribution is 6.48. The Bertz CT molecular complexity index is 1660. The third-order valence-electron chi connectivity index (χ3n) is 5.69. The number of methoxy groups -OCH3 is 1. The van der Waals surface area contributed by atoms with Gasteiger partial charge in [-0.2, -0.15) is 18.4 Å². The van der Waals surface area contributed by atoms with Crippen LogP contribution in [-0.4, -0.2) is 46.8 Å². The molecule has 0 unspecified atom stereocenters. The molecule has 41 heavy (non-hydrogen) atoms. The van der Waals surface area contributed by atoms with E-state index in [-0.39, 0.29) is 28.1 Å². The van der Waals surface area contributed by atoms with E-state index in [0.717, 1.165) is 50.4 Å². The van der Waals surface area contributed by atoms with Gasteiger partial charge in [0.25, 0.3) is 5.91 Å². The van der Waals surface area contributed by atoms with E-state index in [9.17, 15) is 42.6 Å². The van der Waals surface area contributed by atoms with Crippen LogP contribution in [0, 0.1) is 16.7 Å². The lowest BCUT2D eigenvalue weighted by molar-refractivity contribution is -0.137. The van der Waals surface area contributed by atoms with Crippen molar-refractivity contribution < 1.29 is 47.3 Å². The minimum atomic E-state index is -4.97. The molecular formula is C27H19F3N4O7. The lowest BCUT2D eigenvalue weighted by Gasteiger charge is -2.18. The van der Waals surface area contributed by atoms with Crippen LogP contribution in [0.25, 0.3) is 11.1 Å². The molecule has 0 spiro atoms. The number of carbonyl (C=O) groups is 4. The standard InChI is InChI=1S/C27H19F3N4O7/c1-12(35)16-9-19(23(32)24(37)34-21-6-3-13(11-31)7-18(21)25(38)39)22(36)10-17(16)15-5-4-14(33-26(40)41-2)8-20(15)27(28,29)30/h3-10,32,36H,1-2H3,(H,33,40)(H,34,37)(H,38,39). The molecule has 2 amide bonds. The number of phenols is 1. The highest BCUT2D eigenvalue weighted by atomic mass is 19.4. The molecule has 0 aliphatic heterocycles. The molecule has 0 saturated heterocycles. The zero-order chi connectivity index (χ0) is 30.6. The topological polar surface area (TPSA) is 190 Å². The Balaban J connectivity index is 2.09. The number of aromatic hydroxyl groups is 1. The molecule has 0 atom stereocenters. The number of hydrogen-bond donors (Lipinski definition) is 5. The average molecular weight is 568 g/mol. The predicted octanol–water partition coefficient (Wildman–Crippen LogP) is 5.04. The Kier molecular flexibility index (Phi) is 8.43. The van der Waals surface area contributed by atoms with Crippen LogP contribution in [0.4, 0.5) is 29.3 Å². The molecule has 3 aromatic carbocycles. The molecule has 0 aromatic heterocycles. The van der Waals surface area contributed by atoms with Gasteiger partial charge in [0.2, 0.25) is 0 Å². The van der Waals surface area contributed by atoms with E-state index < -0.39 is 63.6 Å². The lowest BCUT2D eigenvalue weighted by Crippen LogP contribution is -2.24. The van der Waals surface area contributed by atoms with E-state index in [1.807, 2.05) is 0 Å². The maximum Gasteiger partial charge on any atom is 0.417 e. The molecule has 14 heteroatoms. The predicted molar refractivity (Wildman–Crippen MR) is 138 cm³/mol. The van der Waals surface area contributed by atoms with Crippen molar-refractivity contribution in [1.29, 1.82) is 10.7 Å². The van der Waals surface area contributed by atoms with Gasteiger partial charge in [-0.05, 0) is 60.5 Å². The molecular weight excluding hydrogens is 549 g/mol. The van der Waals surface area contributed by atoms with Gasteiger partial charge >= 0.3 is 18.2 Å². The molecule has 210 valence electrons. The normalized spacial score (nSPS) is 10.7. The second-order valence-corrected chi connectivity index (χ2v) is 8.35. The maximum atomic E-state index is 14.0. The molecule has 0 saturated carbocycles. The molecule has 3 aromatic rings. The number of phenolic OH excluding ortho intramolecular Hbond substituents is 1. The third-order valence-corrected chi connectivity index (χ3v) is 5.69. The Morgan fingerprint density at radius 1 is 0.951 bits per heavy atom. The van der Waals surface area contributed by atoms with Gasteiger partial charge in [0, 0.05) is 16.8 Å². The number of benzene rings is 3. The number of nitrogens with zero attached hydrogens (tertiary/aromatic N) is 1. The molecule has 0 radical (unpaired) electrons. The van der Waals surface area contributed by atoms with Gasteiger partial charge in [-0.1, -0.05) is 6.07 Å². The number of carbonyl (C=O) groups excluding carboxylic acids is 3. The summed E-state index contributed by atoms with van der Waals surface area (Å²) < 4.78 is 46.3. The average Bonchev–Trinajstić information content (AvgIpc) is 2.91. The summed E-state index contributed by atoms with van der Waals surface area (Å²) in [5, 5.41) is 41.5. The summed E-state index contributed by atoms with van der Waals surface area (Å²) in [6.45, 7) is 1.03. The number of carboxylic acid groups (broad SMARTS) is 1. The number of aromatic carboxylic acids is 1. The molecule has 0 aliphatic rings. The van der Waals surface area contributed by atoms with Gasteiger partial charge in [0.05, 0.1) is 35.6 Å². The fourth-order valence-corrected chi connectivity index (χ4v) is 3.77. The number of amides is 2. The van der Waals surface area contributed by atoms with Gasteiger partial charge in [-0.15, -0.1) is 0 Å². The van der Waals surface area contributed by atoms with Gasteiger partial charge in [0.15, 0.2) is 5.78 Å². The highest BCUT2D eigenvalue weighted by Crippen LogP contribution is 2.41. The van der Waals surface area contributed by atoms with E-state index in [1.54, 1.807) is 6.07 Å². The van der Waals surface area contributed by atoms with Crippen molar-refractivity contribution in [1.82, 2.24) is 0 Å². The molecule has 0 heterocycles. The monoisotopic (exact) mass is 568 g/mol. The van der Waals surface area contributed by atoms with Crippen LogP contribution in [0.5, 0.6) is 5.75 Å². The van der Waals surface area contributed by atoms with E-state index in [1.165, 1.54) is 6.07 Å². The summed E-state index contributed by atoms with van der Waals surface area (Å²) in [5.41, 5.74) is -5.03. The Morgan fingerprint density at radius 2 is 1.63 bits per heavy atom. The number of carboxylic acids is 1. The van der Waals surface area contributed by atoms with Crippen molar-refractivity contribution in [2.75, 3.05) is 17.7 Å². The fraction of sp³-hybridized carbons (Fsp3) is 0.111. The summed E-state index contributed by atoms with van der Waals surface area (Å²) in [6.07, 6.45) is -5.99. The number of rotatable bonds is 7. The molecule has 5 N–H and O–H groups in total. The first-order chi connectivity index (χ1) is 19.2. The van der Waals surface area contributed by atoms with Crippen molar-refractivity contribution >= 4 is 40.8 Å². The summed E-state index contributed by atoms with van der Waals surface area (Å²) in [4.78, 5) is 48.3. The molecule has 11 nitrogen and oxygen atoms in total. The summed E-state index contributed by atoms with van der Waals surface area (Å²) in [5.74, 6) is -4.29. The Morgan fingerprint density at radius 3 is 2.20 bits per heavy atom.